The normalized spacial score (nSPS) is 10.6. The molecule has 0 aliphatic carbocycles. The van der Waals surface area contributed by atoms with Crippen molar-refractivity contribution in [2.75, 3.05) is 0 Å². The Morgan fingerprint density at radius 1 is 1.47 bits per heavy atom. The molecule has 2 rings (SSSR count). The smallest absolute Gasteiger partial charge is 0.273 e. The third kappa shape index (κ3) is 3.62. The highest BCUT2D eigenvalue weighted by molar-refractivity contribution is 9.10. The van der Waals surface area contributed by atoms with Gasteiger partial charge in [0.2, 0.25) is 0 Å². The van der Waals surface area contributed by atoms with E-state index in [4.69, 9.17) is 0 Å². The first kappa shape index (κ1) is 13.7. The minimum Gasteiger partial charge on any atom is -0.308 e. The molecule has 0 radical (unpaired) electrons. The molecule has 19 heavy (non-hydrogen) atoms. The summed E-state index contributed by atoms with van der Waals surface area (Å²) in [5.74, 6) is 0. The summed E-state index contributed by atoms with van der Waals surface area (Å²) in [5, 5.41) is 18.2. The van der Waals surface area contributed by atoms with Crippen molar-refractivity contribution in [2.45, 2.75) is 13.1 Å². The first-order chi connectivity index (χ1) is 9.06. The minimum atomic E-state index is -0.368. The van der Waals surface area contributed by atoms with Crippen molar-refractivity contribution in [3.05, 3.63) is 56.3 Å². The van der Waals surface area contributed by atoms with Gasteiger partial charge in [-0.25, -0.2) is 0 Å². The van der Waals surface area contributed by atoms with Crippen molar-refractivity contribution in [3.8, 4) is 0 Å². The van der Waals surface area contributed by atoms with Gasteiger partial charge in [-0.1, -0.05) is 15.9 Å². The fraction of sp³-hybridized carbons (Fsp3) is 0.250. The highest BCUT2D eigenvalue weighted by Crippen LogP contribution is 2.22. The highest BCUT2D eigenvalue weighted by atomic mass is 79.9. The van der Waals surface area contributed by atoms with Gasteiger partial charge in [0.25, 0.3) is 5.69 Å². The molecule has 7 heteroatoms. The van der Waals surface area contributed by atoms with Crippen LogP contribution in [0, 0.1) is 10.1 Å². The van der Waals surface area contributed by atoms with Crippen LogP contribution in [0.4, 0.5) is 5.69 Å². The van der Waals surface area contributed by atoms with Crippen LogP contribution in [0.1, 0.15) is 11.1 Å². The van der Waals surface area contributed by atoms with E-state index in [9.17, 15) is 10.1 Å². The molecule has 100 valence electrons. The lowest BCUT2D eigenvalue weighted by Crippen LogP contribution is -2.13. The number of nitrogens with one attached hydrogen (secondary N) is 1. The first-order valence-electron chi connectivity index (χ1n) is 5.67. The number of aromatic nitrogens is 2. The second kappa shape index (κ2) is 5.94. The summed E-state index contributed by atoms with van der Waals surface area (Å²) in [6.07, 6.45) is 3.67. The van der Waals surface area contributed by atoms with E-state index in [0.717, 1.165) is 10.0 Å². The summed E-state index contributed by atoms with van der Waals surface area (Å²) >= 11 is 3.32. The Kier molecular flexibility index (Phi) is 4.28. The van der Waals surface area contributed by atoms with Gasteiger partial charge in [0.15, 0.2) is 0 Å². The van der Waals surface area contributed by atoms with E-state index in [-0.39, 0.29) is 10.6 Å². The quantitative estimate of drug-likeness (QED) is 0.677. The molecular weight excluding hydrogens is 312 g/mol. The number of aryl methyl sites for hydroxylation is 1. The Labute approximate surface area is 118 Å². The zero-order valence-electron chi connectivity index (χ0n) is 10.3. The molecule has 0 spiro atoms. The summed E-state index contributed by atoms with van der Waals surface area (Å²) in [7, 11) is 1.85. The Balaban J connectivity index is 2.02. The molecule has 1 aromatic carbocycles. The van der Waals surface area contributed by atoms with Crippen LogP contribution in [-0.2, 0) is 20.1 Å². The maximum atomic E-state index is 10.9. The predicted octanol–water partition coefficient (Wildman–Crippen LogP) is 2.38. The standard InChI is InChI=1S/C12H13BrN4O2/c1-16-8-9(6-15-16)5-14-7-10-4-11(13)2-3-12(10)17(18)19/h2-4,6,8,14H,5,7H2,1H3. The van der Waals surface area contributed by atoms with E-state index >= 15 is 0 Å². The Hall–Kier alpha value is -1.73. The number of nitro groups is 1. The van der Waals surface area contributed by atoms with Gasteiger partial charge < -0.3 is 5.32 Å². The number of nitro benzene ring substituents is 1. The van der Waals surface area contributed by atoms with E-state index in [1.165, 1.54) is 6.07 Å². The summed E-state index contributed by atoms with van der Waals surface area (Å²) in [4.78, 5) is 10.6. The highest BCUT2D eigenvalue weighted by Gasteiger charge is 2.13. The molecule has 0 fully saturated rings. The number of rotatable bonds is 5. The fourth-order valence-electron chi connectivity index (χ4n) is 1.78. The molecule has 0 saturated heterocycles. The third-order valence-electron chi connectivity index (χ3n) is 2.64. The number of benzene rings is 1. The molecule has 1 heterocycles. The zero-order chi connectivity index (χ0) is 13.8. The molecule has 0 atom stereocenters. The SMILES string of the molecule is Cn1cc(CNCc2cc(Br)ccc2[N+](=O)[O-])cn1. The van der Waals surface area contributed by atoms with E-state index in [1.807, 2.05) is 13.2 Å². The summed E-state index contributed by atoms with van der Waals surface area (Å²) < 4.78 is 2.55. The molecule has 2 aromatic rings. The van der Waals surface area contributed by atoms with Crippen LogP contribution in [0.3, 0.4) is 0 Å². The first-order valence-corrected chi connectivity index (χ1v) is 6.46. The molecule has 0 aliphatic rings. The molecule has 6 nitrogen and oxygen atoms in total. The second-order valence-corrected chi connectivity index (χ2v) is 5.07. The van der Waals surface area contributed by atoms with Crippen LogP contribution in [0.15, 0.2) is 35.1 Å². The minimum absolute atomic E-state index is 0.127. The van der Waals surface area contributed by atoms with Gasteiger partial charge in [-0.05, 0) is 12.1 Å². The van der Waals surface area contributed by atoms with Crippen molar-refractivity contribution in [2.24, 2.45) is 7.05 Å². The maximum absolute atomic E-state index is 10.9. The Morgan fingerprint density at radius 2 is 2.26 bits per heavy atom. The monoisotopic (exact) mass is 324 g/mol. The van der Waals surface area contributed by atoms with Crippen LogP contribution < -0.4 is 5.32 Å². The van der Waals surface area contributed by atoms with Crippen LogP contribution in [0.2, 0.25) is 0 Å². The lowest BCUT2D eigenvalue weighted by molar-refractivity contribution is -0.385. The molecule has 0 unspecified atom stereocenters. The maximum Gasteiger partial charge on any atom is 0.273 e. The van der Waals surface area contributed by atoms with Gasteiger partial charge in [0, 0.05) is 48.0 Å². The number of hydrogen-bond donors (Lipinski definition) is 1. The van der Waals surface area contributed by atoms with Gasteiger partial charge in [0.1, 0.15) is 0 Å². The topological polar surface area (TPSA) is 73.0 Å². The predicted molar refractivity (Wildman–Crippen MR) is 74.5 cm³/mol. The largest absolute Gasteiger partial charge is 0.308 e. The van der Waals surface area contributed by atoms with Gasteiger partial charge in [-0.3, -0.25) is 14.8 Å². The molecule has 0 aliphatic heterocycles. The molecule has 0 bridgehead atoms. The van der Waals surface area contributed by atoms with Crippen LogP contribution in [-0.4, -0.2) is 14.7 Å². The van der Waals surface area contributed by atoms with Gasteiger partial charge >= 0.3 is 0 Å². The molecule has 0 amide bonds. The molecule has 1 aromatic heterocycles. The summed E-state index contributed by atoms with van der Waals surface area (Å²) in [5.41, 5.74) is 1.82. The van der Waals surface area contributed by atoms with Crippen LogP contribution >= 0.6 is 15.9 Å². The van der Waals surface area contributed by atoms with E-state index in [2.05, 4.69) is 26.3 Å². The van der Waals surface area contributed by atoms with Crippen molar-refractivity contribution < 1.29 is 4.92 Å². The fourth-order valence-corrected chi connectivity index (χ4v) is 2.19. The van der Waals surface area contributed by atoms with Gasteiger partial charge in [0.05, 0.1) is 11.1 Å². The summed E-state index contributed by atoms with van der Waals surface area (Å²) in [6.45, 7) is 1.06. The average molecular weight is 325 g/mol. The summed E-state index contributed by atoms with van der Waals surface area (Å²) in [6, 6.07) is 4.93. The molecular formula is C12H13BrN4O2. The number of halogens is 1. The lowest BCUT2D eigenvalue weighted by atomic mass is 10.2. The van der Waals surface area contributed by atoms with Crippen LogP contribution in [0.25, 0.3) is 0 Å². The molecule has 0 saturated carbocycles. The van der Waals surface area contributed by atoms with Crippen LogP contribution in [0.5, 0.6) is 0 Å². The zero-order valence-corrected chi connectivity index (χ0v) is 11.9. The Bertz CT molecular complexity index is 597. The lowest BCUT2D eigenvalue weighted by Gasteiger charge is -2.05. The number of hydrogen-bond acceptors (Lipinski definition) is 4. The third-order valence-corrected chi connectivity index (χ3v) is 3.13. The van der Waals surface area contributed by atoms with E-state index in [1.54, 1.807) is 23.0 Å². The Morgan fingerprint density at radius 3 is 2.89 bits per heavy atom. The van der Waals surface area contributed by atoms with Gasteiger partial charge in [-0.15, -0.1) is 0 Å². The van der Waals surface area contributed by atoms with E-state index < -0.39 is 0 Å². The number of nitrogens with zero attached hydrogens (tertiary/aromatic N) is 3. The van der Waals surface area contributed by atoms with Gasteiger partial charge in [-0.2, -0.15) is 5.10 Å². The molecule has 1 N–H and O–H groups in total. The van der Waals surface area contributed by atoms with Crippen molar-refractivity contribution in [1.29, 1.82) is 0 Å². The van der Waals surface area contributed by atoms with Crippen molar-refractivity contribution in [1.82, 2.24) is 15.1 Å². The second-order valence-electron chi connectivity index (χ2n) is 4.16. The average Bonchev–Trinajstić information content (AvgIpc) is 2.75. The van der Waals surface area contributed by atoms with Crippen molar-refractivity contribution >= 4 is 21.6 Å². The van der Waals surface area contributed by atoms with Crippen molar-refractivity contribution in [3.63, 3.8) is 0 Å². The van der Waals surface area contributed by atoms with E-state index in [0.29, 0.717) is 18.7 Å².